The highest BCUT2D eigenvalue weighted by Gasteiger charge is 2.07. The van der Waals surface area contributed by atoms with Crippen molar-refractivity contribution in [3.8, 4) is 0 Å². The zero-order chi connectivity index (χ0) is 13.2. The molecule has 0 bridgehead atoms. The Kier molecular flexibility index (Phi) is 2.91. The van der Waals surface area contributed by atoms with Crippen LogP contribution < -0.4 is 5.69 Å². The maximum atomic E-state index is 12.5. The van der Waals surface area contributed by atoms with Crippen molar-refractivity contribution >= 4 is 5.65 Å². The summed E-state index contributed by atoms with van der Waals surface area (Å²) < 4.78 is 3.39. The first kappa shape index (κ1) is 11.7. The van der Waals surface area contributed by atoms with Gasteiger partial charge in [-0.25, -0.2) is 14.2 Å². The van der Waals surface area contributed by atoms with E-state index in [1.165, 1.54) is 0 Å². The number of aryl methyl sites for hydroxylation is 1. The molecule has 4 nitrogen and oxygen atoms in total. The SMILES string of the molecule is CCc1cnc2ccn(Cc3ccccc3)c(=O)n12. The lowest BCUT2D eigenvalue weighted by atomic mass is 10.2. The molecule has 3 aromatic rings. The summed E-state index contributed by atoms with van der Waals surface area (Å²) in [7, 11) is 0. The van der Waals surface area contributed by atoms with E-state index in [1.54, 1.807) is 21.4 Å². The van der Waals surface area contributed by atoms with Gasteiger partial charge in [0.05, 0.1) is 6.54 Å². The zero-order valence-corrected chi connectivity index (χ0v) is 10.8. The van der Waals surface area contributed by atoms with Crippen molar-refractivity contribution in [2.75, 3.05) is 0 Å². The molecule has 0 saturated carbocycles. The van der Waals surface area contributed by atoms with E-state index in [2.05, 4.69) is 4.98 Å². The first-order valence-electron chi connectivity index (χ1n) is 6.39. The van der Waals surface area contributed by atoms with Gasteiger partial charge in [-0.3, -0.25) is 4.57 Å². The quantitative estimate of drug-likeness (QED) is 0.717. The molecule has 0 unspecified atom stereocenters. The van der Waals surface area contributed by atoms with Gasteiger partial charge >= 0.3 is 5.69 Å². The number of fused-ring (bicyclic) bond motifs is 1. The molecule has 0 radical (unpaired) electrons. The van der Waals surface area contributed by atoms with E-state index in [0.29, 0.717) is 12.2 Å². The molecule has 0 aliphatic heterocycles. The van der Waals surface area contributed by atoms with Gasteiger partial charge in [0, 0.05) is 18.1 Å². The van der Waals surface area contributed by atoms with Gasteiger partial charge in [-0.05, 0) is 18.1 Å². The molecule has 0 atom stereocenters. The van der Waals surface area contributed by atoms with Crippen LogP contribution in [0.5, 0.6) is 0 Å². The fourth-order valence-corrected chi connectivity index (χ4v) is 2.24. The molecule has 96 valence electrons. The Morgan fingerprint density at radius 1 is 1.16 bits per heavy atom. The van der Waals surface area contributed by atoms with Crippen LogP contribution in [0.25, 0.3) is 5.65 Å². The van der Waals surface area contributed by atoms with Gasteiger partial charge in [0.2, 0.25) is 0 Å². The number of rotatable bonds is 3. The molecule has 19 heavy (non-hydrogen) atoms. The molecule has 0 aliphatic rings. The molecule has 0 N–H and O–H groups in total. The molecular weight excluding hydrogens is 238 g/mol. The van der Waals surface area contributed by atoms with E-state index in [9.17, 15) is 4.79 Å². The van der Waals surface area contributed by atoms with E-state index in [-0.39, 0.29) is 5.69 Å². The number of hydrogen-bond acceptors (Lipinski definition) is 2. The second-order valence-corrected chi connectivity index (χ2v) is 4.51. The molecule has 0 aliphatic carbocycles. The highest BCUT2D eigenvalue weighted by atomic mass is 16.1. The summed E-state index contributed by atoms with van der Waals surface area (Å²) in [5.74, 6) is 0. The highest BCUT2D eigenvalue weighted by Crippen LogP contribution is 2.05. The van der Waals surface area contributed by atoms with Crippen molar-refractivity contribution in [1.82, 2.24) is 14.0 Å². The maximum absolute atomic E-state index is 12.5. The van der Waals surface area contributed by atoms with Gasteiger partial charge in [0.15, 0.2) is 0 Å². The summed E-state index contributed by atoms with van der Waals surface area (Å²) in [5, 5.41) is 0. The standard InChI is InChI=1S/C15H15N3O/c1-2-13-10-16-14-8-9-17(15(19)18(13)14)11-12-6-4-3-5-7-12/h3-10H,2,11H2,1H3. The van der Waals surface area contributed by atoms with Gasteiger partial charge < -0.3 is 0 Å². The number of nitrogens with zero attached hydrogens (tertiary/aromatic N) is 3. The normalized spacial score (nSPS) is 11.0. The van der Waals surface area contributed by atoms with E-state index >= 15 is 0 Å². The largest absolute Gasteiger partial charge is 0.334 e. The zero-order valence-electron chi connectivity index (χ0n) is 10.8. The van der Waals surface area contributed by atoms with Crippen LogP contribution in [-0.4, -0.2) is 14.0 Å². The molecule has 2 heterocycles. The number of aromatic nitrogens is 3. The summed E-state index contributed by atoms with van der Waals surface area (Å²) in [5.41, 5.74) is 2.74. The van der Waals surface area contributed by atoms with Crippen LogP contribution in [0.15, 0.2) is 53.6 Å². The molecule has 2 aromatic heterocycles. The summed E-state index contributed by atoms with van der Waals surface area (Å²) in [6, 6.07) is 11.8. The lowest BCUT2D eigenvalue weighted by Crippen LogP contribution is -2.27. The van der Waals surface area contributed by atoms with Crippen molar-refractivity contribution in [1.29, 1.82) is 0 Å². The van der Waals surface area contributed by atoms with Gasteiger partial charge in [-0.15, -0.1) is 0 Å². The number of hydrogen-bond donors (Lipinski definition) is 0. The Morgan fingerprint density at radius 3 is 2.68 bits per heavy atom. The molecule has 3 rings (SSSR count). The molecule has 0 amide bonds. The molecule has 4 heteroatoms. The maximum Gasteiger partial charge on any atom is 0.334 e. The van der Waals surface area contributed by atoms with Crippen molar-refractivity contribution in [2.45, 2.75) is 19.9 Å². The Morgan fingerprint density at radius 2 is 1.95 bits per heavy atom. The highest BCUT2D eigenvalue weighted by molar-refractivity contribution is 5.38. The predicted octanol–water partition coefficient (Wildman–Crippen LogP) is 2.11. The molecule has 0 fully saturated rings. The summed E-state index contributed by atoms with van der Waals surface area (Å²) in [6.07, 6.45) is 4.37. The van der Waals surface area contributed by atoms with E-state index < -0.39 is 0 Å². The Bertz CT molecular complexity index is 756. The molecular formula is C15H15N3O. The van der Waals surface area contributed by atoms with E-state index in [4.69, 9.17) is 0 Å². The first-order valence-corrected chi connectivity index (χ1v) is 6.39. The minimum absolute atomic E-state index is 0.0318. The monoisotopic (exact) mass is 253 g/mol. The lowest BCUT2D eigenvalue weighted by Gasteiger charge is -2.07. The van der Waals surface area contributed by atoms with Crippen molar-refractivity contribution in [3.63, 3.8) is 0 Å². The Hall–Kier alpha value is -2.36. The van der Waals surface area contributed by atoms with Crippen LogP contribution in [0.1, 0.15) is 18.2 Å². The van der Waals surface area contributed by atoms with E-state index in [0.717, 1.165) is 17.7 Å². The third kappa shape index (κ3) is 2.05. The van der Waals surface area contributed by atoms with Gasteiger partial charge in [-0.2, -0.15) is 0 Å². The van der Waals surface area contributed by atoms with Gasteiger partial charge in [0.1, 0.15) is 5.65 Å². The van der Waals surface area contributed by atoms with Crippen LogP contribution in [0, 0.1) is 0 Å². The summed E-state index contributed by atoms with van der Waals surface area (Å²) >= 11 is 0. The smallest absolute Gasteiger partial charge is 0.296 e. The molecule has 0 saturated heterocycles. The average molecular weight is 253 g/mol. The van der Waals surface area contributed by atoms with Gasteiger partial charge in [0.25, 0.3) is 0 Å². The number of imidazole rings is 1. The lowest BCUT2D eigenvalue weighted by molar-refractivity contribution is 0.705. The second-order valence-electron chi connectivity index (χ2n) is 4.51. The topological polar surface area (TPSA) is 39.3 Å². The molecule has 0 spiro atoms. The van der Waals surface area contributed by atoms with Crippen LogP contribution in [0.3, 0.4) is 0 Å². The third-order valence-corrected chi connectivity index (χ3v) is 3.26. The second kappa shape index (κ2) is 4.72. The van der Waals surface area contributed by atoms with Crippen LogP contribution in [0.2, 0.25) is 0 Å². The fraction of sp³-hybridized carbons (Fsp3) is 0.200. The van der Waals surface area contributed by atoms with Crippen LogP contribution in [-0.2, 0) is 13.0 Å². The first-order chi connectivity index (χ1) is 9.29. The summed E-state index contributed by atoms with van der Waals surface area (Å²) in [6.45, 7) is 2.61. The Labute approximate surface area is 111 Å². The fourth-order valence-electron chi connectivity index (χ4n) is 2.24. The predicted molar refractivity (Wildman–Crippen MR) is 74.4 cm³/mol. The number of benzene rings is 1. The van der Waals surface area contributed by atoms with E-state index in [1.807, 2.05) is 43.3 Å². The Balaban J connectivity index is 2.10. The summed E-state index contributed by atoms with van der Waals surface area (Å²) in [4.78, 5) is 16.7. The minimum atomic E-state index is -0.0318. The van der Waals surface area contributed by atoms with Crippen LogP contribution >= 0.6 is 0 Å². The van der Waals surface area contributed by atoms with Crippen LogP contribution in [0.4, 0.5) is 0 Å². The van der Waals surface area contributed by atoms with Crippen molar-refractivity contribution in [2.24, 2.45) is 0 Å². The van der Waals surface area contributed by atoms with Crippen molar-refractivity contribution in [3.05, 3.63) is 70.5 Å². The van der Waals surface area contributed by atoms with Crippen molar-refractivity contribution < 1.29 is 0 Å². The molecule has 1 aromatic carbocycles. The minimum Gasteiger partial charge on any atom is -0.296 e. The van der Waals surface area contributed by atoms with Gasteiger partial charge in [-0.1, -0.05) is 37.3 Å². The third-order valence-electron chi connectivity index (χ3n) is 3.26. The average Bonchev–Trinajstić information content (AvgIpc) is 2.87.